The van der Waals surface area contributed by atoms with Gasteiger partial charge in [0.1, 0.15) is 23.3 Å². The molecule has 0 radical (unpaired) electrons. The summed E-state index contributed by atoms with van der Waals surface area (Å²) in [7, 11) is 0. The number of carbonyl (C=O) groups is 2. The smallest absolute Gasteiger partial charge is 0.295 e. The molecule has 0 spiro atoms. The predicted octanol–water partition coefficient (Wildman–Crippen LogP) is 3.44. The van der Waals surface area contributed by atoms with Crippen LogP contribution in [0.15, 0.2) is 52.7 Å². The van der Waals surface area contributed by atoms with Crippen molar-refractivity contribution in [2.24, 2.45) is 0 Å². The third kappa shape index (κ3) is 4.26. The highest BCUT2D eigenvalue weighted by molar-refractivity contribution is 6.46. The van der Waals surface area contributed by atoms with Gasteiger partial charge in [-0.05, 0) is 56.4 Å². The van der Waals surface area contributed by atoms with Crippen LogP contribution in [0.2, 0.25) is 0 Å². The number of carbonyl (C=O) groups excluding carboxylic acids is 2. The SMILES string of the molecule is CCOc1ccc(/C(O)=C2/C(=O)C(=O)N(CCN(CC)CC)[C@@H]2c2ccco2)cc1. The third-order valence-electron chi connectivity index (χ3n) is 5.34. The van der Waals surface area contributed by atoms with Crippen LogP contribution in [-0.2, 0) is 9.59 Å². The van der Waals surface area contributed by atoms with Gasteiger partial charge in [-0.2, -0.15) is 0 Å². The van der Waals surface area contributed by atoms with Crippen LogP contribution in [0.25, 0.3) is 5.76 Å². The number of hydrogen-bond donors (Lipinski definition) is 1. The van der Waals surface area contributed by atoms with Crippen molar-refractivity contribution < 1.29 is 23.8 Å². The lowest BCUT2D eigenvalue weighted by molar-refractivity contribution is -0.140. The molecule has 7 nitrogen and oxygen atoms in total. The first-order chi connectivity index (χ1) is 14.5. The number of benzene rings is 1. The Balaban J connectivity index is 1.99. The molecule has 1 N–H and O–H groups in total. The summed E-state index contributed by atoms with van der Waals surface area (Å²) in [5, 5.41) is 11.0. The molecule has 1 fully saturated rings. The van der Waals surface area contributed by atoms with Crippen molar-refractivity contribution in [2.75, 3.05) is 32.8 Å². The van der Waals surface area contributed by atoms with E-state index in [9.17, 15) is 14.7 Å². The fraction of sp³-hybridized carbons (Fsp3) is 0.391. The van der Waals surface area contributed by atoms with E-state index in [4.69, 9.17) is 9.15 Å². The predicted molar refractivity (Wildman–Crippen MR) is 113 cm³/mol. The largest absolute Gasteiger partial charge is 0.507 e. The van der Waals surface area contributed by atoms with E-state index in [-0.39, 0.29) is 11.3 Å². The molecule has 1 aliphatic heterocycles. The molecular formula is C23H28N2O5. The number of aliphatic hydroxyl groups excluding tert-OH is 1. The van der Waals surface area contributed by atoms with Gasteiger partial charge in [-0.3, -0.25) is 9.59 Å². The molecule has 1 atom stereocenters. The summed E-state index contributed by atoms with van der Waals surface area (Å²) in [6, 6.07) is 9.44. The molecule has 2 aromatic rings. The number of nitrogens with zero attached hydrogens (tertiary/aromatic N) is 2. The first-order valence-corrected chi connectivity index (χ1v) is 10.3. The Morgan fingerprint density at radius 1 is 1.13 bits per heavy atom. The maximum absolute atomic E-state index is 12.9. The van der Waals surface area contributed by atoms with Crippen LogP contribution in [0.4, 0.5) is 0 Å². The van der Waals surface area contributed by atoms with E-state index in [0.717, 1.165) is 13.1 Å². The van der Waals surface area contributed by atoms with Gasteiger partial charge in [0, 0.05) is 18.7 Å². The highest BCUT2D eigenvalue weighted by atomic mass is 16.5. The molecule has 1 saturated heterocycles. The Morgan fingerprint density at radius 2 is 1.83 bits per heavy atom. The summed E-state index contributed by atoms with van der Waals surface area (Å²) < 4.78 is 11.0. The summed E-state index contributed by atoms with van der Waals surface area (Å²) in [4.78, 5) is 29.4. The highest BCUT2D eigenvalue weighted by Crippen LogP contribution is 2.39. The first kappa shape index (κ1) is 21.6. The minimum absolute atomic E-state index is 0.0404. The Morgan fingerprint density at radius 3 is 2.40 bits per heavy atom. The van der Waals surface area contributed by atoms with E-state index in [2.05, 4.69) is 4.90 Å². The number of furan rings is 1. The average Bonchev–Trinajstić information content (AvgIpc) is 3.37. The monoisotopic (exact) mass is 412 g/mol. The molecule has 2 heterocycles. The van der Waals surface area contributed by atoms with Crippen LogP contribution in [0.3, 0.4) is 0 Å². The van der Waals surface area contributed by atoms with Crippen LogP contribution < -0.4 is 4.74 Å². The topological polar surface area (TPSA) is 83.2 Å². The number of likely N-dealkylation sites (N-methyl/N-ethyl adjacent to an activating group) is 1. The molecule has 0 bridgehead atoms. The second kappa shape index (κ2) is 9.63. The van der Waals surface area contributed by atoms with E-state index >= 15 is 0 Å². The molecule has 0 saturated carbocycles. The van der Waals surface area contributed by atoms with Gasteiger partial charge in [0.2, 0.25) is 0 Å². The molecule has 1 aromatic heterocycles. The number of aliphatic hydroxyl groups is 1. The molecule has 0 unspecified atom stereocenters. The number of likely N-dealkylation sites (tertiary alicyclic amines) is 1. The zero-order valence-corrected chi connectivity index (χ0v) is 17.6. The molecular weight excluding hydrogens is 384 g/mol. The van der Waals surface area contributed by atoms with Crippen LogP contribution in [-0.4, -0.2) is 59.4 Å². The van der Waals surface area contributed by atoms with Gasteiger partial charge < -0.3 is 24.1 Å². The minimum Gasteiger partial charge on any atom is -0.507 e. The maximum atomic E-state index is 12.9. The van der Waals surface area contributed by atoms with Gasteiger partial charge in [-0.15, -0.1) is 0 Å². The van der Waals surface area contributed by atoms with E-state index in [0.29, 0.717) is 36.8 Å². The molecule has 1 aromatic carbocycles. The van der Waals surface area contributed by atoms with Crippen LogP contribution >= 0.6 is 0 Å². The molecule has 1 aliphatic rings. The summed E-state index contributed by atoms with van der Waals surface area (Å²) in [5.41, 5.74) is 0.482. The molecule has 1 amide bonds. The van der Waals surface area contributed by atoms with Gasteiger partial charge in [-0.1, -0.05) is 13.8 Å². The first-order valence-electron chi connectivity index (χ1n) is 10.3. The Bertz CT molecular complexity index is 898. The lowest BCUT2D eigenvalue weighted by atomic mass is 9.99. The molecule has 7 heteroatoms. The number of Topliss-reactive ketones (excluding diaryl/α,β-unsaturated/α-hetero) is 1. The number of ether oxygens (including phenoxy) is 1. The van der Waals surface area contributed by atoms with Crippen molar-refractivity contribution in [3.63, 3.8) is 0 Å². The second-order valence-corrected chi connectivity index (χ2v) is 6.99. The van der Waals surface area contributed by atoms with E-state index in [1.54, 1.807) is 36.4 Å². The lowest BCUT2D eigenvalue weighted by Crippen LogP contribution is -2.37. The van der Waals surface area contributed by atoms with Crippen molar-refractivity contribution in [3.05, 3.63) is 59.6 Å². The van der Waals surface area contributed by atoms with Crippen LogP contribution in [0.5, 0.6) is 5.75 Å². The Kier molecular flexibility index (Phi) is 6.95. The molecule has 160 valence electrons. The van der Waals surface area contributed by atoms with Crippen molar-refractivity contribution in [3.8, 4) is 5.75 Å². The number of amides is 1. The summed E-state index contributed by atoms with van der Waals surface area (Å²) >= 11 is 0. The second-order valence-electron chi connectivity index (χ2n) is 6.99. The van der Waals surface area contributed by atoms with Gasteiger partial charge in [0.15, 0.2) is 0 Å². The van der Waals surface area contributed by atoms with Gasteiger partial charge in [0.25, 0.3) is 11.7 Å². The lowest BCUT2D eigenvalue weighted by Gasteiger charge is -2.26. The van der Waals surface area contributed by atoms with Crippen molar-refractivity contribution in [1.29, 1.82) is 0 Å². The highest BCUT2D eigenvalue weighted by Gasteiger charge is 2.47. The number of hydrogen-bond acceptors (Lipinski definition) is 6. The van der Waals surface area contributed by atoms with Crippen molar-refractivity contribution in [2.45, 2.75) is 26.8 Å². The quantitative estimate of drug-likeness (QED) is 0.386. The zero-order chi connectivity index (χ0) is 21.7. The van der Waals surface area contributed by atoms with E-state index in [1.165, 1.54) is 11.2 Å². The van der Waals surface area contributed by atoms with E-state index < -0.39 is 17.7 Å². The van der Waals surface area contributed by atoms with Crippen molar-refractivity contribution in [1.82, 2.24) is 9.80 Å². The normalized spacial score (nSPS) is 18.4. The third-order valence-corrected chi connectivity index (χ3v) is 5.34. The molecule has 0 aliphatic carbocycles. The fourth-order valence-electron chi connectivity index (χ4n) is 3.67. The number of ketones is 1. The molecule has 3 rings (SSSR count). The fourth-order valence-corrected chi connectivity index (χ4v) is 3.67. The summed E-state index contributed by atoms with van der Waals surface area (Å²) in [6.45, 7) is 9.19. The summed E-state index contributed by atoms with van der Waals surface area (Å²) in [5.74, 6) is -0.445. The maximum Gasteiger partial charge on any atom is 0.295 e. The van der Waals surface area contributed by atoms with Crippen molar-refractivity contribution >= 4 is 17.4 Å². The molecule has 30 heavy (non-hydrogen) atoms. The average molecular weight is 412 g/mol. The Hall–Kier alpha value is -3.06. The van der Waals surface area contributed by atoms with E-state index in [1.807, 2.05) is 20.8 Å². The zero-order valence-electron chi connectivity index (χ0n) is 17.6. The summed E-state index contributed by atoms with van der Waals surface area (Å²) in [6.07, 6.45) is 1.50. The standard InChI is InChI=1S/C23H28N2O5/c1-4-24(5-2)13-14-25-20(18-8-7-15-30-18)19(22(27)23(25)28)21(26)16-9-11-17(12-10-16)29-6-3/h7-12,15,20,26H,4-6,13-14H2,1-3H3/b21-19-/t20-/m1/s1. The Labute approximate surface area is 176 Å². The van der Waals surface area contributed by atoms with Gasteiger partial charge in [-0.25, -0.2) is 0 Å². The minimum atomic E-state index is -0.762. The van der Waals surface area contributed by atoms with Crippen LogP contribution in [0, 0.1) is 0 Å². The van der Waals surface area contributed by atoms with Gasteiger partial charge in [0.05, 0.1) is 18.4 Å². The van der Waals surface area contributed by atoms with Gasteiger partial charge >= 0.3 is 0 Å². The number of rotatable bonds is 9. The van der Waals surface area contributed by atoms with Crippen LogP contribution in [0.1, 0.15) is 38.1 Å².